The van der Waals surface area contributed by atoms with Crippen LogP contribution in [0.2, 0.25) is 0 Å². The fourth-order valence-corrected chi connectivity index (χ4v) is 2.58. The first kappa shape index (κ1) is 15.4. The molecule has 1 amide bonds. The average Bonchev–Trinajstić information content (AvgIpc) is 2.26. The van der Waals surface area contributed by atoms with Gasteiger partial charge in [-0.05, 0) is 59.4 Å². The summed E-state index contributed by atoms with van der Waals surface area (Å²) in [5.41, 5.74) is -0.160. The van der Waals surface area contributed by atoms with Crippen LogP contribution in [0.4, 0.5) is 0 Å². The molecule has 0 bridgehead atoms. The molecular formula is C14H28N2O2. The van der Waals surface area contributed by atoms with Crippen molar-refractivity contribution in [2.75, 3.05) is 20.2 Å². The fraction of sp³-hybridized carbons (Fsp3) is 0.929. The zero-order valence-corrected chi connectivity index (χ0v) is 12.2. The number of aliphatic hydroxyl groups is 1. The topological polar surface area (TPSA) is 52.6 Å². The molecule has 0 atom stereocenters. The molecule has 1 rings (SSSR count). The van der Waals surface area contributed by atoms with Crippen LogP contribution in [0.15, 0.2) is 0 Å². The zero-order valence-electron chi connectivity index (χ0n) is 12.2. The van der Waals surface area contributed by atoms with E-state index in [9.17, 15) is 4.79 Å². The lowest BCUT2D eigenvalue weighted by atomic mass is 9.86. The van der Waals surface area contributed by atoms with Crippen LogP contribution in [0.3, 0.4) is 0 Å². The highest BCUT2D eigenvalue weighted by Gasteiger charge is 2.25. The molecule has 1 fully saturated rings. The second-order valence-corrected chi connectivity index (χ2v) is 6.57. The summed E-state index contributed by atoms with van der Waals surface area (Å²) in [5.74, 6) is 0.562. The molecule has 18 heavy (non-hydrogen) atoms. The standard InChI is InChI=1S/C14H28N2O2/c1-14(2,3)15-13(18)9-16(4)12-7-5-11(10-17)6-8-12/h11-12,17H,5-10H2,1-4H3,(H,15,18). The van der Waals surface area contributed by atoms with E-state index in [1.165, 1.54) is 0 Å². The van der Waals surface area contributed by atoms with Gasteiger partial charge in [-0.2, -0.15) is 0 Å². The monoisotopic (exact) mass is 256 g/mol. The Labute approximate surface area is 111 Å². The van der Waals surface area contributed by atoms with Gasteiger partial charge in [0.15, 0.2) is 0 Å². The Morgan fingerprint density at radius 1 is 1.28 bits per heavy atom. The number of amides is 1. The summed E-state index contributed by atoms with van der Waals surface area (Å²) in [4.78, 5) is 14.0. The molecule has 1 aliphatic rings. The lowest BCUT2D eigenvalue weighted by Gasteiger charge is -2.34. The van der Waals surface area contributed by atoms with Gasteiger partial charge >= 0.3 is 0 Å². The maximum absolute atomic E-state index is 11.8. The largest absolute Gasteiger partial charge is 0.396 e. The van der Waals surface area contributed by atoms with E-state index in [0.29, 0.717) is 25.1 Å². The summed E-state index contributed by atoms with van der Waals surface area (Å²) in [5, 5.41) is 12.1. The quantitative estimate of drug-likeness (QED) is 0.799. The Bertz CT molecular complexity index is 265. The van der Waals surface area contributed by atoms with E-state index in [-0.39, 0.29) is 11.4 Å². The van der Waals surface area contributed by atoms with Crippen LogP contribution in [-0.2, 0) is 4.79 Å². The average molecular weight is 256 g/mol. The first-order valence-electron chi connectivity index (χ1n) is 6.94. The second kappa shape index (κ2) is 6.53. The Morgan fingerprint density at radius 2 is 1.83 bits per heavy atom. The Kier molecular flexibility index (Phi) is 5.60. The number of hydrogen-bond donors (Lipinski definition) is 2. The summed E-state index contributed by atoms with van der Waals surface area (Å²) >= 11 is 0. The molecule has 0 radical (unpaired) electrons. The van der Waals surface area contributed by atoms with Crippen molar-refractivity contribution in [3.05, 3.63) is 0 Å². The van der Waals surface area contributed by atoms with Gasteiger partial charge in [0, 0.05) is 18.2 Å². The van der Waals surface area contributed by atoms with Crippen molar-refractivity contribution in [1.29, 1.82) is 0 Å². The smallest absolute Gasteiger partial charge is 0.234 e. The van der Waals surface area contributed by atoms with Crippen LogP contribution in [0.1, 0.15) is 46.5 Å². The molecule has 0 aromatic carbocycles. The Morgan fingerprint density at radius 3 is 2.28 bits per heavy atom. The number of carbonyl (C=O) groups excluding carboxylic acids is 1. The number of nitrogens with one attached hydrogen (secondary N) is 1. The molecule has 0 unspecified atom stereocenters. The van der Waals surface area contributed by atoms with Crippen molar-refractivity contribution in [1.82, 2.24) is 10.2 Å². The molecule has 0 heterocycles. The van der Waals surface area contributed by atoms with Gasteiger partial charge in [0.05, 0.1) is 6.54 Å². The van der Waals surface area contributed by atoms with Crippen molar-refractivity contribution >= 4 is 5.91 Å². The van der Waals surface area contributed by atoms with Gasteiger partial charge < -0.3 is 10.4 Å². The van der Waals surface area contributed by atoms with E-state index in [2.05, 4.69) is 10.2 Å². The molecule has 1 aliphatic carbocycles. The number of nitrogens with zero attached hydrogens (tertiary/aromatic N) is 1. The first-order chi connectivity index (χ1) is 8.31. The van der Waals surface area contributed by atoms with Crippen molar-refractivity contribution in [3.8, 4) is 0 Å². The molecule has 0 aromatic rings. The maximum atomic E-state index is 11.8. The highest BCUT2D eigenvalue weighted by atomic mass is 16.3. The van der Waals surface area contributed by atoms with E-state index in [4.69, 9.17) is 5.11 Å². The van der Waals surface area contributed by atoms with Gasteiger partial charge in [-0.1, -0.05) is 0 Å². The summed E-state index contributed by atoms with van der Waals surface area (Å²) < 4.78 is 0. The van der Waals surface area contributed by atoms with Gasteiger partial charge in [0.2, 0.25) is 5.91 Å². The number of likely N-dealkylation sites (N-methyl/N-ethyl adjacent to an activating group) is 1. The normalized spacial score (nSPS) is 25.2. The minimum Gasteiger partial charge on any atom is -0.396 e. The van der Waals surface area contributed by atoms with Crippen LogP contribution in [0, 0.1) is 5.92 Å². The zero-order chi connectivity index (χ0) is 13.8. The third kappa shape index (κ3) is 5.36. The second-order valence-electron chi connectivity index (χ2n) is 6.57. The molecule has 0 aliphatic heterocycles. The van der Waals surface area contributed by atoms with Crippen molar-refractivity contribution in [3.63, 3.8) is 0 Å². The molecule has 0 aromatic heterocycles. The van der Waals surface area contributed by atoms with Crippen molar-refractivity contribution in [2.45, 2.75) is 58.0 Å². The number of rotatable bonds is 4. The molecule has 106 valence electrons. The van der Waals surface area contributed by atoms with Crippen molar-refractivity contribution < 1.29 is 9.90 Å². The molecule has 0 saturated heterocycles. The van der Waals surface area contributed by atoms with Crippen molar-refractivity contribution in [2.24, 2.45) is 5.92 Å². The van der Waals surface area contributed by atoms with Gasteiger partial charge in [-0.15, -0.1) is 0 Å². The van der Waals surface area contributed by atoms with E-state index in [0.717, 1.165) is 25.7 Å². The molecule has 2 N–H and O–H groups in total. The summed E-state index contributed by atoms with van der Waals surface area (Å²) in [6.07, 6.45) is 4.33. The predicted octanol–water partition coefficient (Wildman–Crippen LogP) is 1.38. The molecule has 0 spiro atoms. The Hall–Kier alpha value is -0.610. The number of aliphatic hydroxyl groups excluding tert-OH is 1. The predicted molar refractivity (Wildman–Crippen MR) is 73.4 cm³/mol. The van der Waals surface area contributed by atoms with E-state index < -0.39 is 0 Å². The minimum atomic E-state index is -0.160. The van der Waals surface area contributed by atoms with Crippen LogP contribution in [0.5, 0.6) is 0 Å². The van der Waals surface area contributed by atoms with Crippen LogP contribution >= 0.6 is 0 Å². The van der Waals surface area contributed by atoms with Crippen LogP contribution in [-0.4, -0.2) is 47.7 Å². The third-order valence-corrected chi connectivity index (χ3v) is 3.61. The maximum Gasteiger partial charge on any atom is 0.234 e. The number of hydrogen-bond acceptors (Lipinski definition) is 3. The first-order valence-corrected chi connectivity index (χ1v) is 6.94. The fourth-order valence-electron chi connectivity index (χ4n) is 2.58. The minimum absolute atomic E-state index is 0.0919. The summed E-state index contributed by atoms with van der Waals surface area (Å²) in [6.45, 7) is 6.76. The highest BCUT2D eigenvalue weighted by molar-refractivity contribution is 5.78. The lowest BCUT2D eigenvalue weighted by Crippen LogP contribution is -2.47. The molecule has 4 heteroatoms. The summed E-state index contributed by atoms with van der Waals surface area (Å²) in [6, 6.07) is 0.485. The molecule has 4 nitrogen and oxygen atoms in total. The van der Waals surface area contributed by atoms with Gasteiger partial charge in [-0.3, -0.25) is 9.69 Å². The Balaban J connectivity index is 2.33. The van der Waals surface area contributed by atoms with Gasteiger partial charge in [0.1, 0.15) is 0 Å². The lowest BCUT2D eigenvalue weighted by molar-refractivity contribution is -0.124. The molecule has 1 saturated carbocycles. The summed E-state index contributed by atoms with van der Waals surface area (Å²) in [7, 11) is 2.02. The SMILES string of the molecule is CN(CC(=O)NC(C)(C)C)C1CCC(CO)CC1. The van der Waals surface area contributed by atoms with Crippen LogP contribution in [0.25, 0.3) is 0 Å². The van der Waals surface area contributed by atoms with Crippen LogP contribution < -0.4 is 5.32 Å². The van der Waals surface area contributed by atoms with Gasteiger partial charge in [0.25, 0.3) is 0 Å². The van der Waals surface area contributed by atoms with E-state index >= 15 is 0 Å². The highest BCUT2D eigenvalue weighted by Crippen LogP contribution is 2.26. The third-order valence-electron chi connectivity index (χ3n) is 3.61. The van der Waals surface area contributed by atoms with E-state index in [1.807, 2.05) is 27.8 Å². The van der Waals surface area contributed by atoms with Gasteiger partial charge in [-0.25, -0.2) is 0 Å². The number of carbonyl (C=O) groups is 1. The molecular weight excluding hydrogens is 228 g/mol. The van der Waals surface area contributed by atoms with E-state index in [1.54, 1.807) is 0 Å².